The molecule has 1 aliphatic heterocycles. The minimum atomic E-state index is -1.93. The van der Waals surface area contributed by atoms with Gasteiger partial charge in [0.1, 0.15) is 5.41 Å². The molecule has 0 aromatic heterocycles. The molecule has 7 nitrogen and oxygen atoms in total. The first-order chi connectivity index (χ1) is 10.4. The van der Waals surface area contributed by atoms with E-state index in [0.29, 0.717) is 6.61 Å². The monoisotopic (exact) mass is 347 g/mol. The Labute approximate surface area is 138 Å². The van der Waals surface area contributed by atoms with Crippen molar-refractivity contribution in [1.82, 2.24) is 4.90 Å². The lowest BCUT2D eigenvalue weighted by atomic mass is 9.74. The van der Waals surface area contributed by atoms with Crippen molar-refractivity contribution in [2.75, 3.05) is 26.8 Å². The van der Waals surface area contributed by atoms with Gasteiger partial charge in [0.25, 0.3) is 0 Å². The summed E-state index contributed by atoms with van der Waals surface area (Å²) < 4.78 is 10.5. The van der Waals surface area contributed by atoms with Crippen LogP contribution in [0.3, 0.4) is 0 Å². The molecule has 1 rings (SSSR count). The van der Waals surface area contributed by atoms with Crippen LogP contribution in [0.15, 0.2) is 0 Å². The van der Waals surface area contributed by atoms with Crippen LogP contribution >= 0.6 is 0 Å². The van der Waals surface area contributed by atoms with E-state index >= 15 is 0 Å². The average molecular weight is 347 g/mol. The molecule has 0 bridgehead atoms. The summed E-state index contributed by atoms with van der Waals surface area (Å²) in [6, 6.07) is 0. The Hall–Kier alpha value is -1.12. The summed E-state index contributed by atoms with van der Waals surface area (Å²) in [5, 5.41) is 19.8. The van der Waals surface area contributed by atoms with E-state index in [9.17, 15) is 19.8 Å². The molecule has 0 aliphatic carbocycles. The number of rotatable bonds is 6. The molecule has 0 spiro atoms. The molecule has 1 heterocycles. The van der Waals surface area contributed by atoms with Crippen molar-refractivity contribution < 1.29 is 29.0 Å². The third kappa shape index (κ3) is 4.05. The standard InChI is InChI=1S/C15H29NO6Si/c1-14(2,3)23(5,6)22-8-7-11(17)15(12(18)19)9-16(10-15)13(20)21-4/h11,17H,7-10H2,1-6H3,(H,18,19). The van der Waals surface area contributed by atoms with Crippen molar-refractivity contribution in [3.63, 3.8) is 0 Å². The number of aliphatic carboxylic acids is 1. The zero-order chi connectivity index (χ0) is 18.1. The molecular formula is C15H29NO6Si. The lowest BCUT2D eigenvalue weighted by Gasteiger charge is -2.48. The van der Waals surface area contributed by atoms with Crippen molar-refractivity contribution in [3.05, 3.63) is 0 Å². The maximum atomic E-state index is 11.5. The van der Waals surface area contributed by atoms with Crippen LogP contribution in [-0.4, -0.2) is 68.4 Å². The number of hydrogen-bond acceptors (Lipinski definition) is 5. The van der Waals surface area contributed by atoms with E-state index in [4.69, 9.17) is 4.43 Å². The van der Waals surface area contributed by atoms with E-state index in [1.165, 1.54) is 12.0 Å². The van der Waals surface area contributed by atoms with Crippen LogP contribution in [0.5, 0.6) is 0 Å². The molecule has 1 unspecified atom stereocenters. The first kappa shape index (κ1) is 19.9. The summed E-state index contributed by atoms with van der Waals surface area (Å²) in [6.45, 7) is 10.8. The van der Waals surface area contributed by atoms with Gasteiger partial charge in [-0.25, -0.2) is 4.79 Å². The topological polar surface area (TPSA) is 96.3 Å². The lowest BCUT2D eigenvalue weighted by Crippen LogP contribution is -2.67. The highest BCUT2D eigenvalue weighted by atomic mass is 28.4. The summed E-state index contributed by atoms with van der Waals surface area (Å²) in [5.74, 6) is -1.10. The van der Waals surface area contributed by atoms with Gasteiger partial charge in [-0.1, -0.05) is 20.8 Å². The third-order valence-electron chi connectivity index (χ3n) is 5.10. The predicted octanol–water partition coefficient (Wildman–Crippen LogP) is 1.91. The molecule has 0 saturated carbocycles. The average Bonchev–Trinajstić information content (AvgIpc) is 2.35. The van der Waals surface area contributed by atoms with Gasteiger partial charge in [0.05, 0.1) is 13.2 Å². The smallest absolute Gasteiger partial charge is 0.409 e. The summed E-state index contributed by atoms with van der Waals surface area (Å²) in [7, 11) is -0.688. The van der Waals surface area contributed by atoms with Crippen LogP contribution in [0.1, 0.15) is 27.2 Å². The summed E-state index contributed by atoms with van der Waals surface area (Å²) in [6.07, 6.45) is -1.41. The highest BCUT2D eigenvalue weighted by molar-refractivity contribution is 6.74. The Morgan fingerprint density at radius 2 is 1.83 bits per heavy atom. The van der Waals surface area contributed by atoms with Gasteiger partial charge in [-0.05, 0) is 24.6 Å². The predicted molar refractivity (Wildman–Crippen MR) is 87.8 cm³/mol. The van der Waals surface area contributed by atoms with E-state index < -0.39 is 31.9 Å². The number of ether oxygens (including phenoxy) is 1. The first-order valence-corrected chi connectivity index (χ1v) is 10.7. The zero-order valence-electron chi connectivity index (χ0n) is 14.9. The number of amides is 1. The molecule has 1 amide bonds. The van der Waals surface area contributed by atoms with Crippen LogP contribution in [0.2, 0.25) is 18.1 Å². The van der Waals surface area contributed by atoms with Crippen LogP contribution in [0.25, 0.3) is 0 Å². The molecule has 2 N–H and O–H groups in total. The highest BCUT2D eigenvalue weighted by Gasteiger charge is 2.56. The highest BCUT2D eigenvalue weighted by Crippen LogP contribution is 2.38. The number of methoxy groups -OCH3 is 1. The molecule has 1 aliphatic rings. The Balaban J connectivity index is 2.60. The Morgan fingerprint density at radius 1 is 1.30 bits per heavy atom. The molecule has 23 heavy (non-hydrogen) atoms. The van der Waals surface area contributed by atoms with Gasteiger partial charge < -0.3 is 24.3 Å². The fourth-order valence-corrected chi connectivity index (χ4v) is 3.36. The van der Waals surface area contributed by atoms with Crippen LogP contribution in [0, 0.1) is 5.41 Å². The number of carbonyl (C=O) groups is 2. The Morgan fingerprint density at radius 3 is 2.22 bits per heavy atom. The first-order valence-electron chi connectivity index (χ1n) is 7.76. The summed E-state index contributed by atoms with van der Waals surface area (Å²) in [4.78, 5) is 24.2. The van der Waals surface area contributed by atoms with Gasteiger partial charge in [-0.3, -0.25) is 4.79 Å². The maximum Gasteiger partial charge on any atom is 0.409 e. The largest absolute Gasteiger partial charge is 0.481 e. The molecular weight excluding hydrogens is 318 g/mol. The second-order valence-corrected chi connectivity index (χ2v) is 12.5. The number of likely N-dealkylation sites (tertiary alicyclic amines) is 1. The minimum Gasteiger partial charge on any atom is -0.481 e. The van der Waals surface area contributed by atoms with Crippen LogP contribution in [0.4, 0.5) is 4.79 Å². The quantitative estimate of drug-likeness (QED) is 0.713. The molecule has 0 aromatic carbocycles. The number of carboxylic acids is 1. The molecule has 134 valence electrons. The molecule has 0 aromatic rings. The van der Waals surface area contributed by atoms with Crippen molar-refractivity contribution in [2.45, 2.75) is 51.4 Å². The molecule has 1 saturated heterocycles. The van der Waals surface area contributed by atoms with Crippen molar-refractivity contribution >= 4 is 20.4 Å². The van der Waals surface area contributed by atoms with Gasteiger partial charge in [0.15, 0.2) is 8.32 Å². The second kappa shape index (κ2) is 6.78. The number of carbonyl (C=O) groups excluding carboxylic acids is 1. The Bertz CT molecular complexity index is 453. The van der Waals surface area contributed by atoms with Crippen LogP contribution in [-0.2, 0) is 14.0 Å². The normalized spacial score (nSPS) is 19.0. The summed E-state index contributed by atoms with van der Waals surface area (Å²) in [5.41, 5.74) is -1.33. The fraction of sp³-hybridized carbons (Fsp3) is 0.867. The van der Waals surface area contributed by atoms with Gasteiger partial charge in [-0.15, -0.1) is 0 Å². The SMILES string of the molecule is COC(=O)N1CC(C(=O)O)(C(O)CCO[Si](C)(C)C(C)(C)C)C1. The molecule has 8 heteroatoms. The van der Waals surface area contributed by atoms with Crippen molar-refractivity contribution in [2.24, 2.45) is 5.41 Å². The number of carboxylic acid groups (broad SMARTS) is 1. The second-order valence-electron chi connectivity index (χ2n) is 7.70. The fourth-order valence-electron chi connectivity index (χ4n) is 2.30. The van der Waals surface area contributed by atoms with E-state index in [1.807, 2.05) is 0 Å². The van der Waals surface area contributed by atoms with E-state index in [0.717, 1.165) is 0 Å². The van der Waals surface area contributed by atoms with Crippen LogP contribution < -0.4 is 0 Å². The van der Waals surface area contributed by atoms with Gasteiger partial charge in [0.2, 0.25) is 0 Å². The van der Waals surface area contributed by atoms with Crippen molar-refractivity contribution in [3.8, 4) is 0 Å². The number of hydrogen-bond donors (Lipinski definition) is 2. The van der Waals surface area contributed by atoms with E-state index in [-0.39, 0.29) is 24.5 Å². The third-order valence-corrected chi connectivity index (χ3v) is 9.64. The number of nitrogens with zero attached hydrogens (tertiary/aromatic N) is 1. The Kier molecular flexibility index (Phi) is 5.87. The van der Waals surface area contributed by atoms with Gasteiger partial charge >= 0.3 is 12.1 Å². The van der Waals surface area contributed by atoms with Gasteiger partial charge in [-0.2, -0.15) is 0 Å². The maximum absolute atomic E-state index is 11.5. The molecule has 1 atom stereocenters. The molecule has 0 radical (unpaired) electrons. The number of aliphatic hydroxyl groups is 1. The van der Waals surface area contributed by atoms with Crippen molar-refractivity contribution in [1.29, 1.82) is 0 Å². The van der Waals surface area contributed by atoms with E-state index in [1.54, 1.807) is 0 Å². The number of aliphatic hydroxyl groups excluding tert-OH is 1. The summed E-state index contributed by atoms with van der Waals surface area (Å²) >= 11 is 0. The van der Waals surface area contributed by atoms with Gasteiger partial charge in [0, 0.05) is 19.7 Å². The lowest BCUT2D eigenvalue weighted by molar-refractivity contribution is -0.172. The molecule has 1 fully saturated rings. The zero-order valence-corrected chi connectivity index (χ0v) is 15.9. The minimum absolute atomic E-state index is 0.0454. The van der Waals surface area contributed by atoms with E-state index in [2.05, 4.69) is 38.6 Å².